The molecule has 0 saturated heterocycles. The van der Waals surface area contributed by atoms with Crippen LogP contribution in [-0.4, -0.2) is 6.54 Å². The molecule has 0 heterocycles. The highest BCUT2D eigenvalue weighted by Crippen LogP contribution is 2.63. The molecule has 1 nitrogen and oxygen atoms in total. The smallest absolute Gasteiger partial charge is 0.00375 e. The Labute approximate surface area is 103 Å². The summed E-state index contributed by atoms with van der Waals surface area (Å²) >= 11 is 0. The zero-order valence-electron chi connectivity index (χ0n) is 10.5. The average molecular weight is 225 g/mol. The Morgan fingerprint density at radius 2 is 1.76 bits per heavy atom. The van der Waals surface area contributed by atoms with Gasteiger partial charge in [0.2, 0.25) is 0 Å². The lowest BCUT2D eigenvalue weighted by Crippen LogP contribution is -2.05. The summed E-state index contributed by atoms with van der Waals surface area (Å²) in [5, 5.41) is 2.66. The van der Waals surface area contributed by atoms with E-state index >= 15 is 0 Å². The van der Waals surface area contributed by atoms with E-state index in [1.54, 1.807) is 0 Å². The zero-order chi connectivity index (χ0) is 12.0. The molecule has 2 atom stereocenters. The van der Waals surface area contributed by atoms with Crippen LogP contribution in [0.5, 0.6) is 0 Å². The van der Waals surface area contributed by atoms with Gasteiger partial charge in [-0.05, 0) is 40.1 Å². The van der Waals surface area contributed by atoms with Crippen molar-refractivity contribution in [3.63, 3.8) is 0 Å². The van der Waals surface area contributed by atoms with Crippen LogP contribution in [0.25, 0.3) is 10.8 Å². The van der Waals surface area contributed by atoms with Crippen molar-refractivity contribution in [2.75, 3.05) is 6.54 Å². The monoisotopic (exact) mass is 225 g/mol. The lowest BCUT2D eigenvalue weighted by atomic mass is 10.00. The van der Waals surface area contributed by atoms with Crippen LogP contribution < -0.4 is 5.73 Å². The molecule has 17 heavy (non-hydrogen) atoms. The Morgan fingerprint density at radius 1 is 1.06 bits per heavy atom. The minimum absolute atomic E-state index is 0.372. The van der Waals surface area contributed by atoms with E-state index < -0.39 is 0 Å². The molecule has 2 aromatic rings. The van der Waals surface area contributed by atoms with Gasteiger partial charge in [0.05, 0.1) is 0 Å². The summed E-state index contributed by atoms with van der Waals surface area (Å²) in [5.41, 5.74) is 7.67. The van der Waals surface area contributed by atoms with E-state index in [0.29, 0.717) is 17.3 Å². The summed E-state index contributed by atoms with van der Waals surface area (Å²) in [4.78, 5) is 0. The van der Waals surface area contributed by atoms with Gasteiger partial charge in [-0.15, -0.1) is 0 Å². The first-order valence-electron chi connectivity index (χ1n) is 6.33. The molecule has 0 aromatic heterocycles. The van der Waals surface area contributed by atoms with Crippen LogP contribution in [-0.2, 0) is 0 Å². The van der Waals surface area contributed by atoms with Crippen LogP contribution in [0, 0.1) is 11.3 Å². The fourth-order valence-corrected chi connectivity index (χ4v) is 3.25. The molecule has 1 fully saturated rings. The highest BCUT2D eigenvalue weighted by molar-refractivity contribution is 5.83. The van der Waals surface area contributed by atoms with Gasteiger partial charge in [0, 0.05) is 0 Å². The molecule has 2 N–H and O–H groups in total. The van der Waals surface area contributed by atoms with Crippen molar-refractivity contribution in [2.45, 2.75) is 19.8 Å². The van der Waals surface area contributed by atoms with Gasteiger partial charge in [0.25, 0.3) is 0 Å². The Kier molecular flexibility index (Phi) is 2.27. The first-order chi connectivity index (χ1) is 8.14. The lowest BCUT2D eigenvalue weighted by Gasteiger charge is -2.05. The van der Waals surface area contributed by atoms with Crippen LogP contribution in [0.4, 0.5) is 0 Å². The predicted molar refractivity (Wildman–Crippen MR) is 73.0 cm³/mol. The zero-order valence-corrected chi connectivity index (χ0v) is 10.5. The van der Waals surface area contributed by atoms with E-state index in [4.69, 9.17) is 5.73 Å². The van der Waals surface area contributed by atoms with Gasteiger partial charge >= 0.3 is 0 Å². The van der Waals surface area contributed by atoms with Crippen LogP contribution >= 0.6 is 0 Å². The van der Waals surface area contributed by atoms with Crippen molar-refractivity contribution < 1.29 is 0 Å². The van der Waals surface area contributed by atoms with Gasteiger partial charge in [0.15, 0.2) is 0 Å². The fraction of sp³-hybridized carbons (Fsp3) is 0.375. The maximum atomic E-state index is 5.85. The minimum atomic E-state index is 0.372. The molecule has 88 valence electrons. The van der Waals surface area contributed by atoms with Gasteiger partial charge in [-0.1, -0.05) is 56.3 Å². The third kappa shape index (κ3) is 1.57. The summed E-state index contributed by atoms with van der Waals surface area (Å²) < 4.78 is 0. The number of hydrogen-bond acceptors (Lipinski definition) is 1. The van der Waals surface area contributed by atoms with Gasteiger partial charge in [0.1, 0.15) is 0 Å². The molecule has 0 bridgehead atoms. The standard InChI is InChI=1S/C16H19N/c1-16(2)14(10-17)15(16)13-8-7-11-5-3-4-6-12(11)9-13/h3-9,14-15H,10,17H2,1-2H3/t14-,15-/m0/s1. The molecule has 1 heteroatoms. The highest BCUT2D eigenvalue weighted by atomic mass is 14.7. The normalized spacial score (nSPS) is 26.1. The van der Waals surface area contributed by atoms with Crippen molar-refractivity contribution in [3.8, 4) is 0 Å². The Balaban J connectivity index is 2.03. The molecular weight excluding hydrogens is 206 g/mol. The van der Waals surface area contributed by atoms with Gasteiger partial charge in [-0.25, -0.2) is 0 Å². The molecule has 2 aromatic carbocycles. The molecule has 1 aliphatic rings. The molecule has 0 radical (unpaired) electrons. The molecule has 0 aliphatic heterocycles. The second-order valence-electron chi connectivity index (χ2n) is 5.75. The van der Waals surface area contributed by atoms with E-state index in [9.17, 15) is 0 Å². The molecular formula is C16H19N. The highest BCUT2D eigenvalue weighted by Gasteiger charge is 2.57. The molecule has 0 unspecified atom stereocenters. The number of fused-ring (bicyclic) bond motifs is 1. The first-order valence-corrected chi connectivity index (χ1v) is 6.33. The third-order valence-corrected chi connectivity index (χ3v) is 4.44. The molecule has 0 spiro atoms. The summed E-state index contributed by atoms with van der Waals surface area (Å²) in [6.45, 7) is 5.44. The first kappa shape index (κ1) is 10.8. The second kappa shape index (κ2) is 3.58. The van der Waals surface area contributed by atoms with Crippen LogP contribution in [0.1, 0.15) is 25.3 Å². The van der Waals surface area contributed by atoms with E-state index in [1.165, 1.54) is 16.3 Å². The molecule has 1 saturated carbocycles. The van der Waals surface area contributed by atoms with Crippen molar-refractivity contribution in [1.82, 2.24) is 0 Å². The summed E-state index contributed by atoms with van der Waals surface area (Å²) in [5.74, 6) is 1.28. The van der Waals surface area contributed by atoms with E-state index in [-0.39, 0.29) is 0 Å². The number of nitrogens with two attached hydrogens (primary N) is 1. The Hall–Kier alpha value is -1.34. The Bertz CT molecular complexity index is 556. The fourth-order valence-electron chi connectivity index (χ4n) is 3.25. The number of benzene rings is 2. The van der Waals surface area contributed by atoms with Crippen molar-refractivity contribution in [1.29, 1.82) is 0 Å². The summed E-state index contributed by atoms with van der Waals surface area (Å²) in [7, 11) is 0. The maximum Gasteiger partial charge on any atom is -0.00375 e. The average Bonchev–Trinajstić information content (AvgIpc) is 2.90. The van der Waals surface area contributed by atoms with E-state index in [2.05, 4.69) is 56.3 Å². The minimum Gasteiger partial charge on any atom is -0.330 e. The Morgan fingerprint density at radius 3 is 2.41 bits per heavy atom. The molecule has 3 rings (SSSR count). The van der Waals surface area contributed by atoms with Gasteiger partial charge in [-0.3, -0.25) is 0 Å². The van der Waals surface area contributed by atoms with E-state index in [1.807, 2.05) is 0 Å². The second-order valence-corrected chi connectivity index (χ2v) is 5.75. The third-order valence-electron chi connectivity index (χ3n) is 4.44. The van der Waals surface area contributed by atoms with Crippen LogP contribution in [0.3, 0.4) is 0 Å². The quantitative estimate of drug-likeness (QED) is 0.831. The van der Waals surface area contributed by atoms with Crippen LogP contribution in [0.15, 0.2) is 42.5 Å². The van der Waals surface area contributed by atoms with Crippen LogP contribution in [0.2, 0.25) is 0 Å². The lowest BCUT2D eigenvalue weighted by molar-refractivity contribution is 0.558. The van der Waals surface area contributed by atoms with E-state index in [0.717, 1.165) is 6.54 Å². The SMILES string of the molecule is CC1(C)[C@@H](CN)[C@@H]1c1ccc2ccccc2c1. The summed E-state index contributed by atoms with van der Waals surface area (Å²) in [6.07, 6.45) is 0. The predicted octanol–water partition coefficient (Wildman–Crippen LogP) is 3.54. The summed E-state index contributed by atoms with van der Waals surface area (Å²) in [6, 6.07) is 15.4. The van der Waals surface area contributed by atoms with Gasteiger partial charge in [-0.2, -0.15) is 0 Å². The number of rotatable bonds is 2. The number of hydrogen-bond donors (Lipinski definition) is 1. The molecule has 0 amide bonds. The maximum absolute atomic E-state index is 5.85. The van der Waals surface area contributed by atoms with Crippen molar-refractivity contribution in [3.05, 3.63) is 48.0 Å². The topological polar surface area (TPSA) is 26.0 Å². The largest absolute Gasteiger partial charge is 0.330 e. The molecule has 1 aliphatic carbocycles. The van der Waals surface area contributed by atoms with Gasteiger partial charge < -0.3 is 5.73 Å². The van der Waals surface area contributed by atoms with Crippen molar-refractivity contribution >= 4 is 10.8 Å². The van der Waals surface area contributed by atoms with Crippen molar-refractivity contribution in [2.24, 2.45) is 17.1 Å².